The zero-order valence-corrected chi connectivity index (χ0v) is 10.1. The summed E-state index contributed by atoms with van der Waals surface area (Å²) in [6, 6.07) is 0. The first-order valence-corrected chi connectivity index (χ1v) is 5.56. The van der Waals surface area contributed by atoms with Crippen LogP contribution in [0.4, 0.5) is 0 Å². The van der Waals surface area contributed by atoms with Crippen LogP contribution in [-0.4, -0.2) is 50.9 Å². The molecule has 0 aliphatic carbocycles. The van der Waals surface area contributed by atoms with E-state index in [1.54, 1.807) is 7.11 Å². The number of rotatable bonds is 4. The Bertz CT molecular complexity index is 177. The van der Waals surface area contributed by atoms with Crippen molar-refractivity contribution in [3.63, 3.8) is 0 Å². The summed E-state index contributed by atoms with van der Waals surface area (Å²) in [5, 5.41) is 9.26. The highest BCUT2D eigenvalue weighted by Gasteiger charge is 2.25. The minimum atomic E-state index is -0.995. The number of carboxylic acid groups (broad SMARTS) is 1. The number of hydrogen-bond acceptors (Lipinski definition) is 3. The standard InChI is InChI=1S/C8H18NO.C3H6O2/c1-9(7-8-10-2)5-3-4-6-9;1-2-3(4)5/h3-8H2,1-2H3;2H2,1H3,(H,4,5)/q+1;/p-1. The molecule has 4 heteroatoms. The minimum absolute atomic E-state index is 0.111. The van der Waals surface area contributed by atoms with Crippen LogP contribution in [0.5, 0.6) is 0 Å². The van der Waals surface area contributed by atoms with Crippen molar-refractivity contribution in [2.24, 2.45) is 0 Å². The van der Waals surface area contributed by atoms with Gasteiger partial charge in [0.1, 0.15) is 6.54 Å². The molecule has 1 saturated heterocycles. The molecule has 0 atom stereocenters. The summed E-state index contributed by atoms with van der Waals surface area (Å²) in [6.45, 7) is 6.34. The van der Waals surface area contributed by atoms with E-state index in [1.165, 1.54) is 43.9 Å². The Morgan fingerprint density at radius 2 is 1.87 bits per heavy atom. The number of quaternary nitrogens is 1. The molecule has 0 saturated carbocycles. The average molecular weight is 217 g/mol. The van der Waals surface area contributed by atoms with E-state index in [0.29, 0.717) is 0 Å². The normalized spacial score (nSPS) is 18.1. The van der Waals surface area contributed by atoms with Gasteiger partial charge < -0.3 is 19.1 Å². The molecular formula is C11H23NO3. The number of ether oxygens (including phenoxy) is 1. The summed E-state index contributed by atoms with van der Waals surface area (Å²) >= 11 is 0. The number of likely N-dealkylation sites (tertiary alicyclic amines) is 1. The lowest BCUT2D eigenvalue weighted by atomic mass is 10.4. The van der Waals surface area contributed by atoms with Crippen LogP contribution in [0, 0.1) is 0 Å². The van der Waals surface area contributed by atoms with E-state index in [9.17, 15) is 9.90 Å². The Morgan fingerprint density at radius 3 is 2.20 bits per heavy atom. The van der Waals surface area contributed by atoms with Crippen molar-refractivity contribution in [3.8, 4) is 0 Å². The van der Waals surface area contributed by atoms with Gasteiger partial charge in [0.2, 0.25) is 0 Å². The molecular weight excluding hydrogens is 194 g/mol. The van der Waals surface area contributed by atoms with Gasteiger partial charge in [0.05, 0.1) is 26.7 Å². The number of carboxylic acids is 1. The average Bonchev–Trinajstić information content (AvgIpc) is 2.64. The molecule has 1 rings (SSSR count). The number of carbonyl (C=O) groups is 1. The topological polar surface area (TPSA) is 49.4 Å². The van der Waals surface area contributed by atoms with Gasteiger partial charge in [-0.25, -0.2) is 0 Å². The van der Waals surface area contributed by atoms with Crippen molar-refractivity contribution in [2.75, 3.05) is 40.4 Å². The Hall–Kier alpha value is -0.610. The van der Waals surface area contributed by atoms with Crippen LogP contribution >= 0.6 is 0 Å². The Kier molecular flexibility index (Phi) is 7.34. The van der Waals surface area contributed by atoms with E-state index in [-0.39, 0.29) is 6.42 Å². The first-order valence-electron chi connectivity index (χ1n) is 5.56. The van der Waals surface area contributed by atoms with Crippen molar-refractivity contribution in [3.05, 3.63) is 0 Å². The monoisotopic (exact) mass is 217 g/mol. The van der Waals surface area contributed by atoms with Gasteiger partial charge in [-0.1, -0.05) is 6.92 Å². The molecule has 1 heterocycles. The molecule has 0 spiro atoms. The Morgan fingerprint density at radius 1 is 1.40 bits per heavy atom. The highest BCUT2D eigenvalue weighted by Crippen LogP contribution is 2.15. The Balaban J connectivity index is 0.000000336. The molecule has 0 N–H and O–H groups in total. The zero-order valence-electron chi connectivity index (χ0n) is 10.1. The maximum absolute atomic E-state index is 9.26. The smallest absolute Gasteiger partial charge is 0.102 e. The molecule has 0 amide bonds. The third-order valence-electron chi connectivity index (χ3n) is 2.77. The predicted molar refractivity (Wildman–Crippen MR) is 57.2 cm³/mol. The van der Waals surface area contributed by atoms with Crippen LogP contribution in [0.2, 0.25) is 0 Å². The number of hydrogen-bond donors (Lipinski definition) is 0. The van der Waals surface area contributed by atoms with Gasteiger partial charge in [-0.15, -0.1) is 0 Å². The summed E-state index contributed by atoms with van der Waals surface area (Å²) in [4.78, 5) is 9.26. The van der Waals surface area contributed by atoms with Crippen molar-refractivity contribution in [1.82, 2.24) is 0 Å². The van der Waals surface area contributed by atoms with Gasteiger partial charge in [-0.05, 0) is 6.42 Å². The molecule has 4 nitrogen and oxygen atoms in total. The molecule has 0 bridgehead atoms. The maximum Gasteiger partial charge on any atom is 0.102 e. The fourth-order valence-electron chi connectivity index (χ4n) is 1.63. The number of nitrogens with zero attached hydrogens (tertiary/aromatic N) is 1. The van der Waals surface area contributed by atoms with E-state index in [0.717, 1.165) is 6.61 Å². The van der Waals surface area contributed by atoms with Gasteiger partial charge in [0, 0.05) is 25.9 Å². The van der Waals surface area contributed by atoms with E-state index in [4.69, 9.17) is 4.74 Å². The molecule has 1 fully saturated rings. The lowest BCUT2D eigenvalue weighted by Crippen LogP contribution is -2.43. The fourth-order valence-corrected chi connectivity index (χ4v) is 1.63. The molecule has 0 aromatic rings. The van der Waals surface area contributed by atoms with Crippen molar-refractivity contribution in [1.29, 1.82) is 0 Å². The highest BCUT2D eigenvalue weighted by atomic mass is 16.5. The van der Waals surface area contributed by atoms with Crippen LogP contribution in [0.25, 0.3) is 0 Å². The van der Waals surface area contributed by atoms with Crippen LogP contribution in [0.15, 0.2) is 0 Å². The Labute approximate surface area is 92.4 Å². The molecule has 0 unspecified atom stereocenters. The summed E-state index contributed by atoms with van der Waals surface area (Å²) in [6.07, 6.45) is 2.92. The van der Waals surface area contributed by atoms with E-state index >= 15 is 0 Å². The SMILES string of the molecule is CCC(=O)[O-].COCC[N+]1(C)CCCC1. The molecule has 1 aliphatic rings. The third-order valence-corrected chi connectivity index (χ3v) is 2.77. The zero-order chi connectivity index (χ0) is 11.7. The minimum Gasteiger partial charge on any atom is -0.550 e. The summed E-state index contributed by atoms with van der Waals surface area (Å²) < 4.78 is 6.28. The van der Waals surface area contributed by atoms with E-state index in [1.807, 2.05) is 0 Å². The second-order valence-electron chi connectivity index (χ2n) is 4.22. The lowest BCUT2D eigenvalue weighted by Gasteiger charge is -2.28. The van der Waals surface area contributed by atoms with Gasteiger partial charge in [-0.3, -0.25) is 0 Å². The summed E-state index contributed by atoms with van der Waals surface area (Å²) in [5.74, 6) is -0.995. The van der Waals surface area contributed by atoms with E-state index in [2.05, 4.69) is 7.05 Å². The highest BCUT2D eigenvalue weighted by molar-refractivity contribution is 5.63. The fraction of sp³-hybridized carbons (Fsp3) is 0.909. The number of methoxy groups -OCH3 is 1. The van der Waals surface area contributed by atoms with Gasteiger partial charge in [0.15, 0.2) is 0 Å². The van der Waals surface area contributed by atoms with Crippen molar-refractivity contribution < 1.29 is 19.1 Å². The quantitative estimate of drug-likeness (QED) is 0.624. The molecule has 0 radical (unpaired) electrons. The summed E-state index contributed by atoms with van der Waals surface area (Å²) in [5.41, 5.74) is 0. The van der Waals surface area contributed by atoms with E-state index < -0.39 is 5.97 Å². The van der Waals surface area contributed by atoms with Crippen molar-refractivity contribution in [2.45, 2.75) is 26.2 Å². The molecule has 15 heavy (non-hydrogen) atoms. The van der Waals surface area contributed by atoms with Crippen molar-refractivity contribution >= 4 is 5.97 Å². The second kappa shape index (κ2) is 7.65. The summed E-state index contributed by atoms with van der Waals surface area (Å²) in [7, 11) is 4.11. The van der Waals surface area contributed by atoms with Crippen LogP contribution in [0.3, 0.4) is 0 Å². The van der Waals surface area contributed by atoms with Crippen LogP contribution in [0.1, 0.15) is 26.2 Å². The molecule has 0 aromatic carbocycles. The first kappa shape index (κ1) is 14.4. The van der Waals surface area contributed by atoms with Crippen LogP contribution < -0.4 is 5.11 Å². The van der Waals surface area contributed by atoms with Gasteiger partial charge in [0.25, 0.3) is 0 Å². The van der Waals surface area contributed by atoms with Gasteiger partial charge >= 0.3 is 0 Å². The molecule has 0 aromatic heterocycles. The third kappa shape index (κ3) is 7.33. The maximum atomic E-state index is 9.26. The first-order chi connectivity index (χ1) is 7.04. The number of likely N-dealkylation sites (N-methyl/N-ethyl adjacent to an activating group) is 1. The molecule has 1 aliphatic heterocycles. The number of carbonyl (C=O) groups excluding carboxylic acids is 1. The lowest BCUT2D eigenvalue weighted by molar-refractivity contribution is -0.897. The molecule has 90 valence electrons. The largest absolute Gasteiger partial charge is 0.550 e. The second-order valence-corrected chi connectivity index (χ2v) is 4.22. The van der Waals surface area contributed by atoms with Crippen LogP contribution in [-0.2, 0) is 9.53 Å². The number of aliphatic carboxylic acids is 1. The predicted octanol–water partition coefficient (Wildman–Crippen LogP) is 0.0195. The van der Waals surface area contributed by atoms with Gasteiger partial charge in [-0.2, -0.15) is 0 Å².